The fourth-order valence-electron chi connectivity index (χ4n) is 3.29. The molecule has 0 aromatic heterocycles. The zero-order chi connectivity index (χ0) is 23.7. The van der Waals surface area contributed by atoms with Gasteiger partial charge in [-0.3, -0.25) is 9.69 Å². The number of carboxylic acid groups (broad SMARTS) is 2. The molecule has 32 heavy (non-hydrogen) atoms. The molecule has 2 aromatic carbocycles. The van der Waals surface area contributed by atoms with Gasteiger partial charge in [-0.1, -0.05) is 29.8 Å². The highest BCUT2D eigenvalue weighted by atomic mass is 16.5. The summed E-state index contributed by atoms with van der Waals surface area (Å²) >= 11 is 0. The average molecular weight is 444 g/mol. The lowest BCUT2D eigenvalue weighted by Gasteiger charge is -2.35. The van der Waals surface area contributed by atoms with E-state index >= 15 is 0 Å². The van der Waals surface area contributed by atoms with Gasteiger partial charge in [-0.05, 0) is 24.6 Å². The third kappa shape index (κ3) is 7.28. The standard InChI is InChI=1S/C21H26N2O3.C2H2O4/c1-16-5-4-6-17(11-16)15-22-7-9-23(10-8-22)21(24)18-12-19(25-2)14-20(13-18)26-3;3-1(4)2(5)6/h4-6,11-14H,7-10,15H2,1-3H3;(H,3,4)(H,5,6). The molecule has 1 amide bonds. The van der Waals surface area contributed by atoms with Gasteiger partial charge in [-0.2, -0.15) is 0 Å². The second-order valence-electron chi connectivity index (χ2n) is 7.27. The number of aliphatic carboxylic acids is 2. The van der Waals surface area contributed by atoms with Crippen molar-refractivity contribution in [3.63, 3.8) is 0 Å². The van der Waals surface area contributed by atoms with Crippen LogP contribution in [-0.4, -0.2) is 78.3 Å². The van der Waals surface area contributed by atoms with Crippen LogP contribution in [0.5, 0.6) is 11.5 Å². The van der Waals surface area contributed by atoms with E-state index in [1.165, 1.54) is 11.1 Å². The number of carbonyl (C=O) groups excluding carboxylic acids is 1. The van der Waals surface area contributed by atoms with Crippen molar-refractivity contribution < 1.29 is 34.1 Å². The first-order valence-electron chi connectivity index (χ1n) is 10.00. The molecule has 0 bridgehead atoms. The molecule has 0 unspecified atom stereocenters. The van der Waals surface area contributed by atoms with E-state index in [0.717, 1.165) is 32.7 Å². The number of aryl methyl sites for hydroxylation is 1. The van der Waals surface area contributed by atoms with E-state index in [1.807, 2.05) is 4.90 Å². The van der Waals surface area contributed by atoms with Gasteiger partial charge in [0.1, 0.15) is 11.5 Å². The van der Waals surface area contributed by atoms with Gasteiger partial charge in [0.15, 0.2) is 0 Å². The van der Waals surface area contributed by atoms with Crippen LogP contribution in [0, 0.1) is 6.92 Å². The van der Waals surface area contributed by atoms with Crippen LogP contribution in [0.3, 0.4) is 0 Å². The number of rotatable bonds is 5. The highest BCUT2D eigenvalue weighted by Crippen LogP contribution is 2.24. The minimum absolute atomic E-state index is 0.0254. The predicted octanol–water partition coefficient (Wildman–Crippen LogP) is 2.13. The SMILES string of the molecule is COc1cc(OC)cc(C(=O)N2CCN(Cc3cccc(C)c3)CC2)c1.O=C(O)C(=O)O. The molecule has 2 aromatic rings. The van der Waals surface area contributed by atoms with Crippen LogP contribution in [0.1, 0.15) is 21.5 Å². The van der Waals surface area contributed by atoms with E-state index in [0.29, 0.717) is 17.1 Å². The van der Waals surface area contributed by atoms with Crippen molar-refractivity contribution in [2.45, 2.75) is 13.5 Å². The van der Waals surface area contributed by atoms with Crippen LogP contribution in [0.25, 0.3) is 0 Å². The topological polar surface area (TPSA) is 117 Å². The third-order valence-corrected chi connectivity index (χ3v) is 4.93. The maximum atomic E-state index is 12.8. The Kier molecular flexibility index (Phi) is 9.03. The van der Waals surface area contributed by atoms with Crippen molar-refractivity contribution in [2.75, 3.05) is 40.4 Å². The van der Waals surface area contributed by atoms with Crippen LogP contribution in [-0.2, 0) is 16.1 Å². The Labute approximate surface area is 186 Å². The molecule has 0 saturated carbocycles. The number of carbonyl (C=O) groups is 3. The van der Waals surface area contributed by atoms with E-state index in [4.69, 9.17) is 29.3 Å². The van der Waals surface area contributed by atoms with Gasteiger partial charge in [-0.15, -0.1) is 0 Å². The highest BCUT2D eigenvalue weighted by molar-refractivity contribution is 6.27. The van der Waals surface area contributed by atoms with E-state index < -0.39 is 11.9 Å². The lowest BCUT2D eigenvalue weighted by Crippen LogP contribution is -2.48. The largest absolute Gasteiger partial charge is 0.497 e. The van der Waals surface area contributed by atoms with E-state index in [9.17, 15) is 4.79 Å². The van der Waals surface area contributed by atoms with Crippen molar-refractivity contribution in [3.8, 4) is 11.5 Å². The number of nitrogens with zero attached hydrogens (tertiary/aromatic N) is 2. The van der Waals surface area contributed by atoms with Gasteiger partial charge < -0.3 is 24.6 Å². The third-order valence-electron chi connectivity index (χ3n) is 4.93. The summed E-state index contributed by atoms with van der Waals surface area (Å²) in [6.07, 6.45) is 0. The fourth-order valence-corrected chi connectivity index (χ4v) is 3.29. The van der Waals surface area contributed by atoms with Crippen molar-refractivity contribution >= 4 is 17.8 Å². The molecule has 0 aliphatic carbocycles. The number of piperazine rings is 1. The second kappa shape index (κ2) is 11.7. The summed E-state index contributed by atoms with van der Waals surface area (Å²) in [6, 6.07) is 13.9. The number of methoxy groups -OCH3 is 2. The second-order valence-corrected chi connectivity index (χ2v) is 7.27. The Morgan fingerprint density at radius 3 is 1.91 bits per heavy atom. The molecule has 1 heterocycles. The highest BCUT2D eigenvalue weighted by Gasteiger charge is 2.23. The minimum atomic E-state index is -1.82. The van der Waals surface area contributed by atoms with E-state index in [1.54, 1.807) is 32.4 Å². The van der Waals surface area contributed by atoms with Gasteiger partial charge in [0.25, 0.3) is 5.91 Å². The Balaban J connectivity index is 0.000000534. The molecule has 0 spiro atoms. The summed E-state index contributed by atoms with van der Waals surface area (Å²) in [6.45, 7) is 6.25. The predicted molar refractivity (Wildman–Crippen MR) is 117 cm³/mol. The number of carboxylic acids is 2. The molecule has 1 saturated heterocycles. The minimum Gasteiger partial charge on any atom is -0.497 e. The van der Waals surface area contributed by atoms with Crippen molar-refractivity contribution in [1.29, 1.82) is 0 Å². The Hall–Kier alpha value is -3.59. The first-order chi connectivity index (χ1) is 15.2. The van der Waals surface area contributed by atoms with Crippen molar-refractivity contribution in [2.24, 2.45) is 0 Å². The number of ether oxygens (including phenoxy) is 2. The molecular formula is C23H28N2O7. The van der Waals surface area contributed by atoms with Gasteiger partial charge in [-0.25, -0.2) is 9.59 Å². The summed E-state index contributed by atoms with van der Waals surface area (Å²) in [5.74, 6) is -2.36. The molecule has 0 atom stereocenters. The van der Waals surface area contributed by atoms with E-state index in [-0.39, 0.29) is 5.91 Å². The van der Waals surface area contributed by atoms with Gasteiger partial charge in [0.05, 0.1) is 14.2 Å². The first-order valence-corrected chi connectivity index (χ1v) is 10.00. The Bertz CT molecular complexity index is 919. The summed E-state index contributed by atoms with van der Waals surface area (Å²) in [5, 5.41) is 14.8. The molecule has 1 aliphatic heterocycles. The molecule has 0 radical (unpaired) electrons. The van der Waals surface area contributed by atoms with Crippen molar-refractivity contribution in [3.05, 3.63) is 59.2 Å². The normalized spacial score (nSPS) is 13.5. The first kappa shape index (κ1) is 24.7. The molecular weight excluding hydrogens is 416 g/mol. The monoisotopic (exact) mass is 444 g/mol. The molecule has 2 N–H and O–H groups in total. The van der Waals surface area contributed by atoms with Crippen molar-refractivity contribution in [1.82, 2.24) is 9.80 Å². The molecule has 1 fully saturated rings. The van der Waals surface area contributed by atoms with Gasteiger partial charge in [0, 0.05) is 44.4 Å². The lowest BCUT2D eigenvalue weighted by atomic mass is 10.1. The Morgan fingerprint density at radius 2 is 1.44 bits per heavy atom. The lowest BCUT2D eigenvalue weighted by molar-refractivity contribution is -0.159. The molecule has 3 rings (SSSR count). The Morgan fingerprint density at radius 1 is 0.875 bits per heavy atom. The molecule has 9 heteroatoms. The van der Waals surface area contributed by atoms with Crippen LogP contribution in [0.15, 0.2) is 42.5 Å². The van der Waals surface area contributed by atoms with Crippen LogP contribution < -0.4 is 9.47 Å². The number of hydrogen-bond acceptors (Lipinski definition) is 6. The number of amides is 1. The average Bonchev–Trinajstić information content (AvgIpc) is 2.79. The molecule has 9 nitrogen and oxygen atoms in total. The van der Waals surface area contributed by atoms with Gasteiger partial charge in [0.2, 0.25) is 0 Å². The smallest absolute Gasteiger partial charge is 0.414 e. The summed E-state index contributed by atoms with van der Waals surface area (Å²) in [4.78, 5) is 35.3. The summed E-state index contributed by atoms with van der Waals surface area (Å²) in [7, 11) is 3.18. The zero-order valence-corrected chi connectivity index (χ0v) is 18.4. The zero-order valence-electron chi connectivity index (χ0n) is 18.4. The van der Waals surface area contributed by atoms with Crippen LogP contribution >= 0.6 is 0 Å². The molecule has 172 valence electrons. The van der Waals surface area contributed by atoms with Gasteiger partial charge >= 0.3 is 11.9 Å². The number of hydrogen-bond donors (Lipinski definition) is 2. The van der Waals surface area contributed by atoms with Crippen LogP contribution in [0.4, 0.5) is 0 Å². The van der Waals surface area contributed by atoms with Crippen LogP contribution in [0.2, 0.25) is 0 Å². The number of benzene rings is 2. The maximum absolute atomic E-state index is 12.8. The summed E-state index contributed by atoms with van der Waals surface area (Å²) < 4.78 is 10.5. The quantitative estimate of drug-likeness (QED) is 0.674. The molecule has 1 aliphatic rings. The fraction of sp³-hybridized carbons (Fsp3) is 0.348. The van der Waals surface area contributed by atoms with E-state index in [2.05, 4.69) is 36.1 Å². The summed E-state index contributed by atoms with van der Waals surface area (Å²) in [5.41, 5.74) is 3.21. The maximum Gasteiger partial charge on any atom is 0.414 e.